The minimum Gasteiger partial charge on any atom is -0.481 e. The molecule has 0 fully saturated rings. The molecule has 33 heavy (non-hydrogen) atoms. The molecule has 5 atom stereocenters. The number of hydrogen-bond donors (Lipinski definition) is 8. The summed E-state index contributed by atoms with van der Waals surface area (Å²) < 4.78 is 0. The van der Waals surface area contributed by atoms with E-state index in [1.807, 2.05) is 0 Å². The number of carbonyl (C=O) groups excluding carboxylic acids is 4. The number of nitrogens with two attached hydrogens (primary N) is 2. The molecular weight excluding hydrogens is 442 g/mol. The predicted molar refractivity (Wildman–Crippen MR) is 113 cm³/mol. The third-order valence-electron chi connectivity index (χ3n) is 4.66. The van der Waals surface area contributed by atoms with E-state index in [0.29, 0.717) is 0 Å². The van der Waals surface area contributed by atoms with Crippen LogP contribution in [0.25, 0.3) is 0 Å². The molecule has 0 aromatic carbocycles. The first-order valence-electron chi connectivity index (χ1n) is 10.2. The molecule has 0 radical (unpaired) electrons. The summed E-state index contributed by atoms with van der Waals surface area (Å²) in [5, 5.41) is 34.5. The lowest BCUT2D eigenvalue weighted by molar-refractivity contribution is -0.143. The number of aliphatic hydroxyl groups excluding tert-OH is 1. The van der Waals surface area contributed by atoms with Gasteiger partial charge in [0.15, 0.2) is 0 Å². The van der Waals surface area contributed by atoms with Crippen molar-refractivity contribution in [1.82, 2.24) is 16.0 Å². The van der Waals surface area contributed by atoms with Gasteiger partial charge >= 0.3 is 11.9 Å². The van der Waals surface area contributed by atoms with Crippen LogP contribution in [0, 0.1) is 5.92 Å². The Balaban J connectivity index is 5.53. The Labute approximate surface area is 190 Å². The van der Waals surface area contributed by atoms with Gasteiger partial charge in [-0.2, -0.15) is 0 Å². The van der Waals surface area contributed by atoms with Crippen LogP contribution in [0.15, 0.2) is 0 Å². The van der Waals surface area contributed by atoms with Crippen LogP contribution >= 0.6 is 0 Å². The maximum Gasteiger partial charge on any atom is 0.326 e. The van der Waals surface area contributed by atoms with Gasteiger partial charge in [-0.25, -0.2) is 4.79 Å². The second kappa shape index (κ2) is 14.0. The summed E-state index contributed by atoms with van der Waals surface area (Å²) in [4.78, 5) is 70.7. The molecule has 0 bridgehead atoms. The number of aliphatic hydroxyl groups is 1. The first-order chi connectivity index (χ1) is 15.2. The van der Waals surface area contributed by atoms with Crippen molar-refractivity contribution in [2.24, 2.45) is 17.4 Å². The second-order valence-corrected chi connectivity index (χ2v) is 7.89. The van der Waals surface area contributed by atoms with Crippen molar-refractivity contribution in [3.05, 3.63) is 0 Å². The summed E-state index contributed by atoms with van der Waals surface area (Å²) in [6, 6.07) is -5.52. The summed E-state index contributed by atoms with van der Waals surface area (Å²) in [6.45, 7) is 4.57. The molecule has 0 aliphatic heterocycles. The van der Waals surface area contributed by atoms with Gasteiger partial charge < -0.3 is 42.7 Å². The van der Waals surface area contributed by atoms with Gasteiger partial charge in [0, 0.05) is 12.8 Å². The van der Waals surface area contributed by atoms with Crippen LogP contribution in [0.4, 0.5) is 0 Å². The molecule has 188 valence electrons. The van der Waals surface area contributed by atoms with Crippen molar-refractivity contribution < 1.29 is 44.1 Å². The fourth-order valence-corrected chi connectivity index (χ4v) is 2.57. The molecule has 4 amide bonds. The summed E-state index contributed by atoms with van der Waals surface area (Å²) in [5.41, 5.74) is 10.8. The summed E-state index contributed by atoms with van der Waals surface area (Å²) in [5.74, 6) is -6.57. The zero-order valence-corrected chi connectivity index (χ0v) is 18.7. The summed E-state index contributed by atoms with van der Waals surface area (Å²) in [6.07, 6.45) is -3.02. The topological polar surface area (TPSA) is 251 Å². The predicted octanol–water partition coefficient (Wildman–Crippen LogP) is -2.98. The Morgan fingerprint density at radius 1 is 0.788 bits per heavy atom. The highest BCUT2D eigenvalue weighted by atomic mass is 16.4. The van der Waals surface area contributed by atoms with Crippen molar-refractivity contribution in [1.29, 1.82) is 0 Å². The number of nitrogens with one attached hydrogen (secondary N) is 3. The number of hydrogen-bond acceptors (Lipinski definition) is 8. The number of carboxylic acid groups (broad SMARTS) is 2. The van der Waals surface area contributed by atoms with Crippen LogP contribution in [-0.4, -0.2) is 81.2 Å². The maximum atomic E-state index is 12.7. The average molecular weight is 475 g/mol. The SMILES string of the molecule is CC(C)C(N)C(=O)NC(C(=O)NC(CCC(N)=O)C(=O)NC(CCC(=O)O)C(=O)O)C(C)O. The molecule has 0 saturated carbocycles. The molecule has 10 N–H and O–H groups in total. The van der Waals surface area contributed by atoms with Gasteiger partial charge in [-0.1, -0.05) is 13.8 Å². The quantitative estimate of drug-likeness (QED) is 0.119. The van der Waals surface area contributed by atoms with Crippen LogP contribution < -0.4 is 27.4 Å². The number of aliphatic carboxylic acids is 2. The van der Waals surface area contributed by atoms with E-state index in [1.165, 1.54) is 6.92 Å². The number of amides is 4. The van der Waals surface area contributed by atoms with Crippen molar-refractivity contribution in [3.63, 3.8) is 0 Å². The van der Waals surface area contributed by atoms with Crippen LogP contribution in [0.2, 0.25) is 0 Å². The molecule has 0 spiro atoms. The van der Waals surface area contributed by atoms with Crippen LogP contribution in [0.3, 0.4) is 0 Å². The molecule has 0 aromatic heterocycles. The minimum absolute atomic E-state index is 0.268. The lowest BCUT2D eigenvalue weighted by atomic mass is 10.0. The lowest BCUT2D eigenvalue weighted by Crippen LogP contribution is -2.60. The van der Waals surface area contributed by atoms with Gasteiger partial charge in [0.2, 0.25) is 23.6 Å². The fraction of sp³-hybridized carbons (Fsp3) is 0.684. The van der Waals surface area contributed by atoms with Gasteiger partial charge in [-0.05, 0) is 25.7 Å². The van der Waals surface area contributed by atoms with E-state index in [9.17, 15) is 39.0 Å². The van der Waals surface area contributed by atoms with Crippen LogP contribution in [0.1, 0.15) is 46.5 Å². The van der Waals surface area contributed by atoms with E-state index in [1.54, 1.807) is 13.8 Å². The second-order valence-electron chi connectivity index (χ2n) is 7.89. The summed E-state index contributed by atoms with van der Waals surface area (Å²) in [7, 11) is 0. The first kappa shape index (κ1) is 29.7. The van der Waals surface area contributed by atoms with Crippen molar-refractivity contribution in [2.75, 3.05) is 0 Å². The standard InChI is InChI=1S/C19H33N5O9/c1-8(2)14(21)17(30)24-15(9(3)25)18(31)22-10(4-6-12(20)26)16(29)23-11(19(32)33)5-7-13(27)28/h8-11,14-15,25H,4-7,21H2,1-3H3,(H2,20,26)(H,22,31)(H,23,29)(H,24,30)(H,27,28)(H,32,33). The Kier molecular flexibility index (Phi) is 12.6. The molecule has 14 nitrogen and oxygen atoms in total. The van der Waals surface area contributed by atoms with Crippen molar-refractivity contribution in [2.45, 2.75) is 76.7 Å². The lowest BCUT2D eigenvalue weighted by Gasteiger charge is -2.26. The van der Waals surface area contributed by atoms with Crippen LogP contribution in [0.5, 0.6) is 0 Å². The van der Waals surface area contributed by atoms with Gasteiger partial charge in [0.25, 0.3) is 0 Å². The normalized spacial score (nSPS) is 15.5. The molecule has 0 heterocycles. The van der Waals surface area contributed by atoms with E-state index >= 15 is 0 Å². The minimum atomic E-state index is -1.57. The number of carboxylic acids is 2. The molecule has 14 heteroatoms. The van der Waals surface area contributed by atoms with E-state index in [2.05, 4.69) is 16.0 Å². The van der Waals surface area contributed by atoms with Gasteiger partial charge in [0.1, 0.15) is 18.1 Å². The highest BCUT2D eigenvalue weighted by molar-refractivity contribution is 5.94. The first-order valence-corrected chi connectivity index (χ1v) is 10.2. The van der Waals surface area contributed by atoms with Crippen molar-refractivity contribution >= 4 is 35.6 Å². The number of carbonyl (C=O) groups is 6. The Hall–Kier alpha value is -3.26. The van der Waals surface area contributed by atoms with Gasteiger partial charge in [0.05, 0.1) is 12.1 Å². The third kappa shape index (κ3) is 11.2. The Morgan fingerprint density at radius 2 is 1.30 bits per heavy atom. The number of rotatable bonds is 15. The number of primary amides is 1. The van der Waals surface area contributed by atoms with Gasteiger partial charge in [-0.3, -0.25) is 24.0 Å². The molecule has 0 aliphatic carbocycles. The average Bonchev–Trinajstić information content (AvgIpc) is 2.69. The Morgan fingerprint density at radius 3 is 1.73 bits per heavy atom. The molecule has 0 saturated heterocycles. The van der Waals surface area contributed by atoms with E-state index in [-0.39, 0.29) is 18.8 Å². The molecule has 5 unspecified atom stereocenters. The smallest absolute Gasteiger partial charge is 0.326 e. The van der Waals surface area contributed by atoms with E-state index in [0.717, 1.165) is 0 Å². The molecule has 0 rings (SSSR count). The highest BCUT2D eigenvalue weighted by Crippen LogP contribution is 2.05. The zero-order chi connectivity index (χ0) is 25.9. The van der Waals surface area contributed by atoms with E-state index in [4.69, 9.17) is 16.6 Å². The fourth-order valence-electron chi connectivity index (χ4n) is 2.57. The summed E-state index contributed by atoms with van der Waals surface area (Å²) >= 11 is 0. The maximum absolute atomic E-state index is 12.7. The molecule has 0 aliphatic rings. The van der Waals surface area contributed by atoms with Gasteiger partial charge in [-0.15, -0.1) is 0 Å². The Bertz CT molecular complexity index is 741. The third-order valence-corrected chi connectivity index (χ3v) is 4.66. The van der Waals surface area contributed by atoms with Crippen molar-refractivity contribution in [3.8, 4) is 0 Å². The highest BCUT2D eigenvalue weighted by Gasteiger charge is 2.33. The largest absolute Gasteiger partial charge is 0.481 e. The van der Waals surface area contributed by atoms with Crippen LogP contribution in [-0.2, 0) is 28.8 Å². The molecule has 0 aromatic rings. The monoisotopic (exact) mass is 475 g/mol. The van der Waals surface area contributed by atoms with E-state index < -0.39 is 78.7 Å². The zero-order valence-electron chi connectivity index (χ0n) is 18.7. The molecular formula is C19H33N5O9.